The molecule has 0 spiro atoms. The van der Waals surface area contributed by atoms with Crippen LogP contribution in [0.3, 0.4) is 0 Å². The highest BCUT2D eigenvalue weighted by molar-refractivity contribution is 5.76. The van der Waals surface area contributed by atoms with Crippen LogP contribution in [0.15, 0.2) is 18.2 Å². The SMILES string of the molecule is CNC[C@@H](CC(=O)N1CCC[C@@H]([C@@](O)(CCCCOC)c2cccc(C)c2F)C1)CC1CCCCC1. The Morgan fingerprint density at radius 1 is 1.22 bits per heavy atom. The molecular formula is C30H49FN2O3. The van der Waals surface area contributed by atoms with E-state index in [9.17, 15) is 9.90 Å². The number of hydrogen-bond acceptors (Lipinski definition) is 4. The maximum atomic E-state index is 15.3. The highest BCUT2D eigenvalue weighted by atomic mass is 19.1. The van der Waals surface area contributed by atoms with Crippen LogP contribution in [0.1, 0.15) is 88.2 Å². The van der Waals surface area contributed by atoms with E-state index in [-0.39, 0.29) is 17.6 Å². The van der Waals surface area contributed by atoms with Crippen LogP contribution in [0.4, 0.5) is 4.39 Å². The van der Waals surface area contributed by atoms with Gasteiger partial charge in [0.1, 0.15) is 5.82 Å². The molecule has 6 heteroatoms. The summed E-state index contributed by atoms with van der Waals surface area (Å²) in [5.41, 5.74) is -0.372. The van der Waals surface area contributed by atoms with Crippen LogP contribution in [-0.2, 0) is 15.1 Å². The number of amides is 1. The van der Waals surface area contributed by atoms with E-state index in [1.165, 1.54) is 32.1 Å². The number of methoxy groups -OCH3 is 1. The maximum absolute atomic E-state index is 15.3. The van der Waals surface area contributed by atoms with Crippen molar-refractivity contribution in [1.82, 2.24) is 10.2 Å². The van der Waals surface area contributed by atoms with E-state index in [1.807, 2.05) is 18.0 Å². The summed E-state index contributed by atoms with van der Waals surface area (Å²) in [6.07, 6.45) is 11.9. The van der Waals surface area contributed by atoms with Crippen molar-refractivity contribution in [3.63, 3.8) is 0 Å². The van der Waals surface area contributed by atoms with Crippen LogP contribution >= 0.6 is 0 Å². The lowest BCUT2D eigenvalue weighted by atomic mass is 9.73. The van der Waals surface area contributed by atoms with Gasteiger partial charge in [-0.05, 0) is 76.4 Å². The van der Waals surface area contributed by atoms with Crippen LogP contribution < -0.4 is 5.32 Å². The van der Waals surface area contributed by atoms with Crippen molar-refractivity contribution >= 4 is 5.91 Å². The van der Waals surface area contributed by atoms with Crippen molar-refractivity contribution in [1.29, 1.82) is 0 Å². The molecule has 3 rings (SSSR count). The predicted octanol–water partition coefficient (Wildman–Crippen LogP) is 5.57. The van der Waals surface area contributed by atoms with Gasteiger partial charge in [-0.2, -0.15) is 0 Å². The summed E-state index contributed by atoms with van der Waals surface area (Å²) in [6, 6.07) is 5.30. The summed E-state index contributed by atoms with van der Waals surface area (Å²) < 4.78 is 20.5. The first-order valence-corrected chi connectivity index (χ1v) is 14.3. The molecule has 1 aromatic carbocycles. The zero-order chi connectivity index (χ0) is 26.0. The number of benzene rings is 1. The Hall–Kier alpha value is -1.50. The number of halogens is 1. The molecule has 1 heterocycles. The van der Waals surface area contributed by atoms with Crippen LogP contribution in [-0.4, -0.2) is 56.3 Å². The van der Waals surface area contributed by atoms with Crippen LogP contribution in [0.25, 0.3) is 0 Å². The number of aliphatic hydroxyl groups is 1. The third kappa shape index (κ3) is 7.75. The lowest BCUT2D eigenvalue weighted by Gasteiger charge is -2.43. The van der Waals surface area contributed by atoms with Crippen molar-refractivity contribution < 1.29 is 19.0 Å². The van der Waals surface area contributed by atoms with Gasteiger partial charge < -0.3 is 20.1 Å². The molecule has 0 radical (unpaired) electrons. The summed E-state index contributed by atoms with van der Waals surface area (Å²) in [5, 5.41) is 15.4. The molecule has 2 aliphatic rings. The minimum Gasteiger partial charge on any atom is -0.385 e. The molecule has 0 unspecified atom stereocenters. The molecule has 3 atom stereocenters. The van der Waals surface area contributed by atoms with Crippen LogP contribution in [0, 0.1) is 30.5 Å². The van der Waals surface area contributed by atoms with Gasteiger partial charge in [-0.15, -0.1) is 0 Å². The normalized spacial score (nSPS) is 21.8. The maximum Gasteiger partial charge on any atom is 0.222 e. The van der Waals surface area contributed by atoms with E-state index in [1.54, 1.807) is 26.2 Å². The number of ether oxygens (including phenoxy) is 1. The molecule has 2 fully saturated rings. The fourth-order valence-corrected chi connectivity index (χ4v) is 6.57. The lowest BCUT2D eigenvalue weighted by Crippen LogP contribution is -2.49. The van der Waals surface area contributed by atoms with E-state index < -0.39 is 5.60 Å². The number of unbranched alkanes of at least 4 members (excludes halogenated alkanes) is 1. The Bertz CT molecular complexity index is 813. The first kappa shape index (κ1) is 29.1. The summed E-state index contributed by atoms with van der Waals surface area (Å²) in [7, 11) is 3.64. The Kier molecular flexibility index (Phi) is 11.7. The molecule has 1 aliphatic carbocycles. The average Bonchev–Trinajstić information content (AvgIpc) is 2.89. The zero-order valence-corrected chi connectivity index (χ0v) is 22.9. The summed E-state index contributed by atoms with van der Waals surface area (Å²) in [5.74, 6) is 0.753. The zero-order valence-electron chi connectivity index (χ0n) is 22.9. The number of carbonyl (C=O) groups excluding carboxylic acids is 1. The fourth-order valence-electron chi connectivity index (χ4n) is 6.57. The second-order valence-corrected chi connectivity index (χ2v) is 11.4. The van der Waals surface area contributed by atoms with E-state index in [0.717, 1.165) is 51.1 Å². The Balaban J connectivity index is 1.72. The van der Waals surface area contributed by atoms with Gasteiger partial charge in [0.05, 0.1) is 5.60 Å². The van der Waals surface area contributed by atoms with Gasteiger partial charge in [0.25, 0.3) is 0 Å². The van der Waals surface area contributed by atoms with Crippen LogP contribution in [0.2, 0.25) is 0 Å². The molecule has 1 amide bonds. The number of likely N-dealkylation sites (tertiary alicyclic amines) is 1. The smallest absolute Gasteiger partial charge is 0.222 e. The van der Waals surface area contributed by atoms with Crippen molar-refractivity contribution in [3.8, 4) is 0 Å². The molecule has 0 bridgehead atoms. The Morgan fingerprint density at radius 2 is 2.00 bits per heavy atom. The van der Waals surface area contributed by atoms with E-state index >= 15 is 4.39 Å². The molecular weight excluding hydrogens is 455 g/mol. The third-order valence-electron chi connectivity index (χ3n) is 8.61. The molecule has 0 aromatic heterocycles. The second kappa shape index (κ2) is 14.4. The molecule has 5 nitrogen and oxygen atoms in total. The third-order valence-corrected chi connectivity index (χ3v) is 8.61. The number of rotatable bonds is 13. The van der Waals surface area contributed by atoms with Crippen molar-refractivity contribution in [3.05, 3.63) is 35.1 Å². The molecule has 1 aromatic rings. The topological polar surface area (TPSA) is 61.8 Å². The average molecular weight is 505 g/mol. The van der Waals surface area contributed by atoms with Gasteiger partial charge in [-0.25, -0.2) is 4.39 Å². The van der Waals surface area contributed by atoms with Crippen molar-refractivity contribution in [2.75, 3.05) is 40.4 Å². The first-order chi connectivity index (χ1) is 17.4. The number of nitrogens with zero attached hydrogens (tertiary/aromatic N) is 1. The Labute approximate surface area is 218 Å². The number of piperidine rings is 1. The van der Waals surface area contributed by atoms with Gasteiger partial charge in [0.2, 0.25) is 5.91 Å². The number of nitrogens with one attached hydrogen (secondary N) is 1. The van der Waals surface area contributed by atoms with E-state index in [4.69, 9.17) is 4.74 Å². The molecule has 204 valence electrons. The van der Waals surface area contributed by atoms with Gasteiger partial charge in [0.15, 0.2) is 0 Å². The lowest BCUT2D eigenvalue weighted by molar-refractivity contribution is -0.138. The molecule has 1 aliphatic heterocycles. The van der Waals surface area contributed by atoms with Crippen molar-refractivity contribution in [2.24, 2.45) is 17.8 Å². The molecule has 36 heavy (non-hydrogen) atoms. The molecule has 1 saturated heterocycles. The summed E-state index contributed by atoms with van der Waals surface area (Å²) in [6.45, 7) is 4.44. The Morgan fingerprint density at radius 3 is 2.72 bits per heavy atom. The predicted molar refractivity (Wildman–Crippen MR) is 143 cm³/mol. The minimum atomic E-state index is -1.30. The van der Waals surface area contributed by atoms with Crippen molar-refractivity contribution in [2.45, 2.75) is 89.6 Å². The fraction of sp³-hybridized carbons (Fsp3) is 0.767. The standard InChI is InChI=1S/C30H49FN2O3/c1-23-11-9-15-27(29(23)31)30(35,16-7-8-18-36-3)26-14-10-17-33(22-26)28(34)20-25(21-32-2)19-24-12-5-4-6-13-24/h9,11,15,24-26,32,35H,4-8,10,12-14,16-22H2,1-3H3/t25-,26-,30+/m1/s1. The molecule has 1 saturated carbocycles. The minimum absolute atomic E-state index is 0.183. The second-order valence-electron chi connectivity index (χ2n) is 11.4. The van der Waals surface area contributed by atoms with Gasteiger partial charge in [0, 0.05) is 44.7 Å². The van der Waals surface area contributed by atoms with E-state index in [2.05, 4.69) is 5.32 Å². The highest BCUT2D eigenvalue weighted by Crippen LogP contribution is 2.41. The number of aryl methyl sites for hydroxylation is 1. The quantitative estimate of drug-likeness (QED) is 0.345. The number of carbonyl (C=O) groups is 1. The van der Waals surface area contributed by atoms with Gasteiger partial charge >= 0.3 is 0 Å². The first-order valence-electron chi connectivity index (χ1n) is 14.3. The van der Waals surface area contributed by atoms with Gasteiger partial charge in [-0.3, -0.25) is 4.79 Å². The molecule has 2 N–H and O–H groups in total. The summed E-state index contributed by atoms with van der Waals surface area (Å²) >= 11 is 0. The van der Waals surface area contributed by atoms with Crippen LogP contribution in [0.5, 0.6) is 0 Å². The largest absolute Gasteiger partial charge is 0.385 e. The number of hydrogen-bond donors (Lipinski definition) is 2. The van der Waals surface area contributed by atoms with E-state index in [0.29, 0.717) is 43.0 Å². The van der Waals surface area contributed by atoms with Gasteiger partial charge in [-0.1, -0.05) is 50.3 Å². The monoisotopic (exact) mass is 504 g/mol. The summed E-state index contributed by atoms with van der Waals surface area (Å²) in [4.78, 5) is 15.4. The highest BCUT2D eigenvalue weighted by Gasteiger charge is 2.43.